The maximum atomic E-state index is 13.8. The molecule has 1 unspecified atom stereocenters. The first kappa shape index (κ1) is 23.8. The molecule has 7 nitrogen and oxygen atoms in total. The van der Waals surface area contributed by atoms with Gasteiger partial charge in [-0.2, -0.15) is 0 Å². The number of pyridine rings is 1. The van der Waals surface area contributed by atoms with E-state index in [9.17, 15) is 19.1 Å². The zero-order valence-electron chi connectivity index (χ0n) is 18.8. The van der Waals surface area contributed by atoms with E-state index in [1.807, 2.05) is 44.2 Å². The second kappa shape index (κ2) is 9.32. The molecule has 2 aromatic rings. The van der Waals surface area contributed by atoms with Crippen LogP contribution in [0.15, 0.2) is 41.7 Å². The van der Waals surface area contributed by atoms with E-state index in [-0.39, 0.29) is 24.5 Å². The van der Waals surface area contributed by atoms with Crippen molar-refractivity contribution in [2.45, 2.75) is 51.2 Å². The summed E-state index contributed by atoms with van der Waals surface area (Å²) < 4.78 is 19.0. The summed E-state index contributed by atoms with van der Waals surface area (Å²) in [6.07, 6.45) is 1.28. The van der Waals surface area contributed by atoms with E-state index in [0.29, 0.717) is 11.4 Å². The molecule has 3 rings (SSSR count). The van der Waals surface area contributed by atoms with Crippen molar-refractivity contribution in [1.82, 2.24) is 4.98 Å². The third kappa shape index (κ3) is 4.37. The number of ketones is 1. The highest BCUT2D eigenvalue weighted by Gasteiger charge is 2.51. The average Bonchev–Trinajstić information content (AvgIpc) is 3.24. The largest absolute Gasteiger partial charge is 0.481 e. The van der Waals surface area contributed by atoms with Gasteiger partial charge in [0.15, 0.2) is 5.78 Å². The number of nitrogens with zero attached hydrogens (tertiary/aromatic N) is 2. The van der Waals surface area contributed by atoms with E-state index in [4.69, 9.17) is 9.57 Å². The molecule has 0 amide bonds. The van der Waals surface area contributed by atoms with E-state index in [2.05, 4.69) is 10.1 Å². The third-order valence-electron chi connectivity index (χ3n) is 6.55. The molecule has 0 spiro atoms. The van der Waals surface area contributed by atoms with Crippen LogP contribution in [0.5, 0.6) is 0 Å². The minimum Gasteiger partial charge on any atom is -0.481 e. The number of carbonyl (C=O) groups is 2. The molecule has 1 aromatic carbocycles. The van der Waals surface area contributed by atoms with Gasteiger partial charge in [0, 0.05) is 43.4 Å². The van der Waals surface area contributed by atoms with E-state index in [0.717, 1.165) is 10.8 Å². The number of ether oxygens (including phenoxy) is 1. The molecule has 1 N–H and O–H groups in total. The van der Waals surface area contributed by atoms with E-state index < -0.39 is 36.2 Å². The van der Waals surface area contributed by atoms with Gasteiger partial charge in [-0.25, -0.2) is 4.39 Å². The van der Waals surface area contributed by atoms with Crippen molar-refractivity contribution in [2.75, 3.05) is 13.8 Å². The predicted octanol–water partition coefficient (Wildman–Crippen LogP) is 4.18. The molecule has 1 aromatic heterocycles. The Bertz CT molecular complexity index is 1030. The molecule has 8 heteroatoms. The highest BCUT2D eigenvalue weighted by atomic mass is 19.1. The van der Waals surface area contributed by atoms with Crippen LogP contribution in [0.25, 0.3) is 10.8 Å². The minimum atomic E-state index is -1.40. The molecule has 0 saturated carbocycles. The van der Waals surface area contributed by atoms with Gasteiger partial charge in [-0.3, -0.25) is 14.6 Å². The van der Waals surface area contributed by atoms with E-state index in [1.54, 1.807) is 6.20 Å². The SMILES string of the molecule is COC(C)(CF)[C@H](CC(=O)O)CC(=O)[C@]1(C(C)C)CC(c2nccc3ccccc23)=NO1. The van der Waals surface area contributed by atoms with Gasteiger partial charge in [0.2, 0.25) is 5.60 Å². The minimum absolute atomic E-state index is 0.198. The second-order valence-corrected chi connectivity index (χ2v) is 8.80. The molecule has 32 heavy (non-hydrogen) atoms. The van der Waals surface area contributed by atoms with E-state index in [1.165, 1.54) is 14.0 Å². The number of aromatic nitrogens is 1. The normalized spacial score (nSPS) is 21.1. The van der Waals surface area contributed by atoms with Crippen molar-refractivity contribution in [3.8, 4) is 0 Å². The molecular weight excluding hydrogens is 415 g/mol. The van der Waals surface area contributed by atoms with Crippen LogP contribution < -0.4 is 0 Å². The summed E-state index contributed by atoms with van der Waals surface area (Å²) in [5.74, 6) is -2.56. The van der Waals surface area contributed by atoms with Gasteiger partial charge in [0.25, 0.3) is 0 Å². The highest BCUT2D eigenvalue weighted by Crippen LogP contribution is 2.39. The Morgan fingerprint density at radius 2 is 2.00 bits per heavy atom. The summed E-state index contributed by atoms with van der Waals surface area (Å²) in [5, 5.41) is 15.5. The Labute approximate surface area is 186 Å². The first-order valence-electron chi connectivity index (χ1n) is 10.6. The summed E-state index contributed by atoms with van der Waals surface area (Å²) in [6, 6.07) is 9.64. The topological polar surface area (TPSA) is 98.1 Å². The molecule has 172 valence electrons. The molecule has 0 saturated heterocycles. The summed E-state index contributed by atoms with van der Waals surface area (Å²) in [5.41, 5.74) is -1.48. The van der Waals surface area contributed by atoms with E-state index >= 15 is 0 Å². The zero-order chi connectivity index (χ0) is 23.5. The number of carboxylic acid groups (broad SMARTS) is 1. The molecular formula is C24H29FN2O5. The molecule has 1 aliphatic rings. The van der Waals surface area contributed by atoms with Crippen molar-refractivity contribution in [2.24, 2.45) is 17.0 Å². The number of rotatable bonds is 10. The summed E-state index contributed by atoms with van der Waals surface area (Å²) in [6.45, 7) is 4.27. The molecule has 1 aliphatic heterocycles. The summed E-state index contributed by atoms with van der Waals surface area (Å²) >= 11 is 0. The van der Waals surface area contributed by atoms with Crippen LogP contribution in [0.2, 0.25) is 0 Å². The number of aliphatic carboxylic acids is 1. The van der Waals surface area contributed by atoms with Crippen LogP contribution >= 0.6 is 0 Å². The Hall–Kier alpha value is -2.87. The first-order chi connectivity index (χ1) is 15.2. The van der Waals surface area contributed by atoms with Crippen LogP contribution in [-0.2, 0) is 19.2 Å². The predicted molar refractivity (Wildman–Crippen MR) is 118 cm³/mol. The molecule has 0 radical (unpaired) electrons. The number of hydrogen-bond acceptors (Lipinski definition) is 6. The lowest BCUT2D eigenvalue weighted by Crippen LogP contribution is -2.48. The number of benzene rings is 1. The number of hydrogen-bond donors (Lipinski definition) is 1. The van der Waals surface area contributed by atoms with Gasteiger partial charge >= 0.3 is 5.97 Å². The van der Waals surface area contributed by atoms with Crippen LogP contribution in [0, 0.1) is 11.8 Å². The Morgan fingerprint density at radius 1 is 1.28 bits per heavy atom. The summed E-state index contributed by atoms with van der Waals surface area (Å²) in [7, 11) is 1.32. The number of Topliss-reactive ketones (excluding diaryl/α,β-unsaturated/α-hetero) is 1. The van der Waals surface area contributed by atoms with Crippen molar-refractivity contribution < 1.29 is 28.7 Å². The van der Waals surface area contributed by atoms with Gasteiger partial charge in [0.05, 0.1) is 17.7 Å². The number of oxime groups is 1. The lowest BCUT2D eigenvalue weighted by molar-refractivity contribution is -0.154. The maximum absolute atomic E-state index is 13.8. The van der Waals surface area contributed by atoms with Gasteiger partial charge in [-0.15, -0.1) is 0 Å². The van der Waals surface area contributed by atoms with Gasteiger partial charge < -0.3 is 14.7 Å². The van der Waals surface area contributed by atoms with Crippen molar-refractivity contribution in [3.05, 3.63) is 42.2 Å². The van der Waals surface area contributed by atoms with Crippen molar-refractivity contribution in [1.29, 1.82) is 0 Å². The number of halogens is 1. The Balaban J connectivity index is 1.91. The molecule has 2 heterocycles. The number of fused-ring (bicyclic) bond motifs is 1. The Morgan fingerprint density at radius 3 is 2.62 bits per heavy atom. The molecule has 3 atom stereocenters. The third-order valence-corrected chi connectivity index (χ3v) is 6.55. The quantitative estimate of drug-likeness (QED) is 0.590. The summed E-state index contributed by atoms with van der Waals surface area (Å²) in [4.78, 5) is 35.2. The van der Waals surface area contributed by atoms with Gasteiger partial charge in [-0.05, 0) is 18.4 Å². The Kier molecular flexibility index (Phi) is 6.93. The fourth-order valence-corrected chi connectivity index (χ4v) is 4.15. The van der Waals surface area contributed by atoms with Gasteiger partial charge in [0.1, 0.15) is 12.4 Å². The van der Waals surface area contributed by atoms with Crippen LogP contribution in [0.3, 0.4) is 0 Å². The van der Waals surface area contributed by atoms with Crippen molar-refractivity contribution in [3.63, 3.8) is 0 Å². The lowest BCUT2D eigenvalue weighted by Gasteiger charge is -2.36. The van der Waals surface area contributed by atoms with Crippen LogP contribution in [0.1, 0.15) is 45.7 Å². The standard InChI is InChI=1S/C24H29FN2O5/c1-15(2)24(20(28)11-17(12-21(29)30)23(3,14-25)31-4)13-19(27-32-24)22-18-8-6-5-7-16(18)9-10-26-22/h5-10,15,17H,11-14H2,1-4H3,(H,29,30)/t17-,23?,24+/m0/s1. The highest BCUT2D eigenvalue weighted by molar-refractivity contribution is 6.12. The second-order valence-electron chi connectivity index (χ2n) is 8.80. The number of carbonyl (C=O) groups excluding carboxylic acids is 1. The monoisotopic (exact) mass is 444 g/mol. The molecule has 0 aliphatic carbocycles. The first-order valence-corrected chi connectivity index (χ1v) is 10.6. The van der Waals surface area contributed by atoms with Gasteiger partial charge in [-0.1, -0.05) is 43.3 Å². The van der Waals surface area contributed by atoms with Crippen LogP contribution in [-0.4, -0.2) is 52.5 Å². The number of carboxylic acids is 1. The lowest BCUT2D eigenvalue weighted by atomic mass is 9.75. The molecule has 0 fully saturated rings. The fourth-order valence-electron chi connectivity index (χ4n) is 4.15. The zero-order valence-corrected chi connectivity index (χ0v) is 18.8. The van der Waals surface area contributed by atoms with Crippen molar-refractivity contribution >= 4 is 28.2 Å². The smallest absolute Gasteiger partial charge is 0.303 e. The number of methoxy groups -OCH3 is 1. The van der Waals surface area contributed by atoms with Crippen LogP contribution in [0.4, 0.5) is 4.39 Å². The number of alkyl halides is 1. The fraction of sp³-hybridized carbons (Fsp3) is 0.500. The molecule has 0 bridgehead atoms. The maximum Gasteiger partial charge on any atom is 0.303 e. The average molecular weight is 445 g/mol.